The van der Waals surface area contributed by atoms with Gasteiger partial charge in [-0.3, -0.25) is 4.79 Å². The molecule has 1 amide bonds. The summed E-state index contributed by atoms with van der Waals surface area (Å²) in [4.78, 5) is 16.9. The summed E-state index contributed by atoms with van der Waals surface area (Å²) < 4.78 is 0. The van der Waals surface area contributed by atoms with Gasteiger partial charge < -0.3 is 15.5 Å². The maximum absolute atomic E-state index is 12.6. The van der Waals surface area contributed by atoms with E-state index in [1.54, 1.807) is 0 Å². The number of piperidine rings is 1. The van der Waals surface area contributed by atoms with Crippen molar-refractivity contribution in [1.29, 1.82) is 0 Å². The van der Waals surface area contributed by atoms with Gasteiger partial charge in [0, 0.05) is 25.6 Å². The lowest BCUT2D eigenvalue weighted by atomic mass is 9.71. The largest absolute Gasteiger partial charge is 0.343 e. The van der Waals surface area contributed by atoms with Crippen LogP contribution in [0.25, 0.3) is 0 Å². The SMILES string of the molecule is CN(C)C1CCN(C(=O)CC2(CN)CCCCC2)CC1. The minimum absolute atomic E-state index is 0.105. The van der Waals surface area contributed by atoms with Crippen LogP contribution in [-0.2, 0) is 4.79 Å². The smallest absolute Gasteiger partial charge is 0.223 e. The van der Waals surface area contributed by atoms with Crippen molar-refractivity contribution in [2.45, 2.75) is 57.4 Å². The molecule has 0 radical (unpaired) electrons. The summed E-state index contributed by atoms with van der Waals surface area (Å²) in [5, 5.41) is 0. The molecule has 4 nitrogen and oxygen atoms in total. The second kappa shape index (κ2) is 6.90. The van der Waals surface area contributed by atoms with E-state index in [4.69, 9.17) is 5.73 Å². The molecule has 2 fully saturated rings. The Kier molecular flexibility index (Phi) is 5.44. The normalized spacial score (nSPS) is 24.1. The number of rotatable bonds is 4. The number of hydrogen-bond donors (Lipinski definition) is 1. The Hall–Kier alpha value is -0.610. The van der Waals surface area contributed by atoms with Crippen molar-refractivity contribution in [1.82, 2.24) is 9.80 Å². The summed E-state index contributed by atoms with van der Waals surface area (Å²) in [6.07, 6.45) is 8.97. The van der Waals surface area contributed by atoms with Gasteiger partial charge in [0.2, 0.25) is 5.91 Å². The van der Waals surface area contributed by atoms with Crippen LogP contribution in [0.2, 0.25) is 0 Å². The second-order valence-corrected chi connectivity index (χ2v) is 7.02. The molecule has 2 N–H and O–H groups in total. The number of carbonyl (C=O) groups excluding carboxylic acids is 1. The van der Waals surface area contributed by atoms with Crippen molar-refractivity contribution in [3.63, 3.8) is 0 Å². The van der Waals surface area contributed by atoms with Gasteiger partial charge in [0.05, 0.1) is 0 Å². The molecular formula is C16H31N3O. The van der Waals surface area contributed by atoms with Gasteiger partial charge in [0.1, 0.15) is 0 Å². The molecule has 1 aliphatic heterocycles. The predicted molar refractivity (Wildman–Crippen MR) is 82.5 cm³/mol. The molecule has 2 rings (SSSR count). The molecule has 0 spiro atoms. The molecule has 2 aliphatic rings. The van der Waals surface area contributed by atoms with Crippen molar-refractivity contribution in [3.05, 3.63) is 0 Å². The van der Waals surface area contributed by atoms with E-state index in [1.807, 2.05) is 0 Å². The molecule has 1 heterocycles. The van der Waals surface area contributed by atoms with E-state index in [0.29, 0.717) is 24.9 Å². The predicted octanol–water partition coefficient (Wildman–Crippen LogP) is 1.84. The maximum atomic E-state index is 12.6. The minimum atomic E-state index is 0.105. The third kappa shape index (κ3) is 3.73. The summed E-state index contributed by atoms with van der Waals surface area (Å²) >= 11 is 0. The van der Waals surface area contributed by atoms with Crippen LogP contribution in [0.15, 0.2) is 0 Å². The average Bonchev–Trinajstić information content (AvgIpc) is 2.48. The molecule has 116 valence electrons. The molecule has 0 aromatic carbocycles. The molecule has 0 bridgehead atoms. The number of likely N-dealkylation sites (tertiary alicyclic amines) is 1. The van der Waals surface area contributed by atoms with Crippen LogP contribution in [0.1, 0.15) is 51.4 Å². The third-order valence-corrected chi connectivity index (χ3v) is 5.42. The zero-order chi connectivity index (χ0) is 14.6. The molecule has 0 unspecified atom stereocenters. The molecule has 1 saturated heterocycles. The first kappa shape index (κ1) is 15.8. The van der Waals surface area contributed by atoms with Gasteiger partial charge in [0.25, 0.3) is 0 Å². The molecule has 1 aliphatic carbocycles. The van der Waals surface area contributed by atoms with Gasteiger partial charge in [-0.2, -0.15) is 0 Å². The number of nitrogens with zero attached hydrogens (tertiary/aromatic N) is 2. The van der Waals surface area contributed by atoms with Gasteiger partial charge >= 0.3 is 0 Å². The average molecular weight is 281 g/mol. The molecule has 4 heteroatoms. The fourth-order valence-electron chi connectivity index (χ4n) is 3.82. The van der Waals surface area contributed by atoms with E-state index in [1.165, 1.54) is 19.3 Å². The van der Waals surface area contributed by atoms with Crippen molar-refractivity contribution >= 4 is 5.91 Å². The summed E-state index contributed by atoms with van der Waals surface area (Å²) in [5.41, 5.74) is 6.11. The zero-order valence-electron chi connectivity index (χ0n) is 13.2. The van der Waals surface area contributed by atoms with E-state index >= 15 is 0 Å². The van der Waals surface area contributed by atoms with Crippen molar-refractivity contribution in [2.75, 3.05) is 33.7 Å². The van der Waals surface area contributed by atoms with Gasteiger partial charge in [-0.05, 0) is 51.7 Å². The highest BCUT2D eigenvalue weighted by molar-refractivity contribution is 5.77. The number of nitrogens with two attached hydrogens (primary N) is 1. The lowest BCUT2D eigenvalue weighted by molar-refractivity contribution is -0.135. The third-order valence-electron chi connectivity index (χ3n) is 5.42. The van der Waals surface area contributed by atoms with Gasteiger partial charge in [-0.1, -0.05) is 19.3 Å². The standard InChI is InChI=1S/C16H31N3O/c1-18(2)14-6-10-19(11-7-14)15(20)12-16(13-17)8-4-3-5-9-16/h14H,3-13,17H2,1-2H3. The van der Waals surface area contributed by atoms with E-state index in [9.17, 15) is 4.79 Å². The first-order valence-electron chi connectivity index (χ1n) is 8.21. The van der Waals surface area contributed by atoms with Crippen molar-refractivity contribution in [2.24, 2.45) is 11.1 Å². The highest BCUT2D eigenvalue weighted by Gasteiger charge is 2.35. The summed E-state index contributed by atoms with van der Waals surface area (Å²) in [6, 6.07) is 0.636. The van der Waals surface area contributed by atoms with E-state index < -0.39 is 0 Å². The van der Waals surface area contributed by atoms with Crippen molar-refractivity contribution < 1.29 is 4.79 Å². The monoisotopic (exact) mass is 281 g/mol. The molecule has 1 saturated carbocycles. The Bertz CT molecular complexity index is 316. The maximum Gasteiger partial charge on any atom is 0.223 e. The fraction of sp³-hybridized carbons (Fsp3) is 0.938. The summed E-state index contributed by atoms with van der Waals surface area (Å²) in [7, 11) is 4.27. The molecule has 0 aromatic heterocycles. The van der Waals surface area contributed by atoms with Crippen LogP contribution in [0.4, 0.5) is 0 Å². The quantitative estimate of drug-likeness (QED) is 0.855. The Morgan fingerprint density at radius 2 is 1.80 bits per heavy atom. The van der Waals surface area contributed by atoms with Crippen LogP contribution >= 0.6 is 0 Å². The topological polar surface area (TPSA) is 49.6 Å². The highest BCUT2D eigenvalue weighted by atomic mass is 16.2. The number of amides is 1. The molecule has 20 heavy (non-hydrogen) atoms. The van der Waals surface area contributed by atoms with Crippen LogP contribution in [0.5, 0.6) is 0 Å². The zero-order valence-corrected chi connectivity index (χ0v) is 13.2. The van der Waals surface area contributed by atoms with E-state index in [-0.39, 0.29) is 5.41 Å². The fourth-order valence-corrected chi connectivity index (χ4v) is 3.82. The number of carbonyl (C=O) groups is 1. The summed E-state index contributed by atoms with van der Waals surface area (Å²) in [5.74, 6) is 0.342. The minimum Gasteiger partial charge on any atom is -0.343 e. The Morgan fingerprint density at radius 1 is 1.20 bits per heavy atom. The van der Waals surface area contributed by atoms with E-state index in [2.05, 4.69) is 23.9 Å². The highest BCUT2D eigenvalue weighted by Crippen LogP contribution is 2.39. The Labute approximate surface area is 123 Å². The van der Waals surface area contributed by atoms with Crippen LogP contribution in [0, 0.1) is 5.41 Å². The molecule has 0 atom stereocenters. The van der Waals surface area contributed by atoms with Crippen LogP contribution in [-0.4, -0.2) is 55.5 Å². The number of hydrogen-bond acceptors (Lipinski definition) is 3. The Balaban J connectivity index is 1.85. The summed E-state index contributed by atoms with van der Waals surface area (Å²) in [6.45, 7) is 2.51. The van der Waals surface area contributed by atoms with E-state index in [0.717, 1.165) is 38.8 Å². The second-order valence-electron chi connectivity index (χ2n) is 7.02. The Morgan fingerprint density at radius 3 is 2.30 bits per heavy atom. The molecular weight excluding hydrogens is 250 g/mol. The van der Waals surface area contributed by atoms with Crippen molar-refractivity contribution in [3.8, 4) is 0 Å². The lowest BCUT2D eigenvalue weighted by Crippen LogP contribution is -2.46. The van der Waals surface area contributed by atoms with Gasteiger partial charge in [-0.15, -0.1) is 0 Å². The first-order valence-corrected chi connectivity index (χ1v) is 8.21. The first-order chi connectivity index (χ1) is 9.56. The van der Waals surface area contributed by atoms with Gasteiger partial charge in [-0.25, -0.2) is 0 Å². The molecule has 0 aromatic rings. The van der Waals surface area contributed by atoms with Gasteiger partial charge in [0.15, 0.2) is 0 Å². The lowest BCUT2D eigenvalue weighted by Gasteiger charge is -2.40. The van der Waals surface area contributed by atoms with Crippen LogP contribution < -0.4 is 5.73 Å². The van der Waals surface area contributed by atoms with Crippen LogP contribution in [0.3, 0.4) is 0 Å².